The molecule has 0 fully saturated rings. The molecule has 1 unspecified atom stereocenters. The monoisotopic (exact) mass is 404 g/mol. The molecule has 166 valence electrons. The molecule has 0 spiro atoms. The number of phenolic OH excluding ortho intramolecular Hbond substituents is 1. The topological polar surface area (TPSA) is 46.5 Å². The van der Waals surface area contributed by atoms with Crippen molar-refractivity contribution in [1.82, 2.24) is 0 Å². The number of carbonyl (C=O) groups is 1. The molecule has 0 saturated carbocycles. The number of aryl methyl sites for hydroxylation is 1. The lowest BCUT2D eigenvalue weighted by molar-refractivity contribution is -0.147. The molecule has 0 heterocycles. The Morgan fingerprint density at radius 3 is 1.90 bits per heavy atom. The van der Waals surface area contributed by atoms with Crippen LogP contribution in [0, 0.1) is 5.41 Å². The second-order valence-corrected chi connectivity index (χ2v) is 11.0. The van der Waals surface area contributed by atoms with Gasteiger partial charge < -0.3 is 9.84 Å². The molecule has 1 rings (SSSR count). The Morgan fingerprint density at radius 2 is 1.48 bits per heavy atom. The molecule has 1 aromatic carbocycles. The highest BCUT2D eigenvalue weighted by Crippen LogP contribution is 2.40. The third-order valence-corrected chi connectivity index (χ3v) is 5.97. The lowest BCUT2D eigenvalue weighted by atomic mass is 9.78. The number of unbranched alkanes of at least 4 members (excludes halogenated alkanes) is 1. The highest BCUT2D eigenvalue weighted by atomic mass is 16.5. The largest absolute Gasteiger partial charge is 0.507 e. The number of esters is 1. The van der Waals surface area contributed by atoms with Crippen molar-refractivity contribution in [3.8, 4) is 5.75 Å². The number of phenols is 1. The molecule has 0 aliphatic heterocycles. The van der Waals surface area contributed by atoms with E-state index in [0.717, 1.165) is 36.0 Å². The van der Waals surface area contributed by atoms with Crippen LogP contribution in [-0.2, 0) is 26.8 Å². The molecule has 0 saturated heterocycles. The highest BCUT2D eigenvalue weighted by molar-refractivity contribution is 5.69. The first kappa shape index (κ1) is 25.5. The van der Waals surface area contributed by atoms with Gasteiger partial charge in [0.2, 0.25) is 0 Å². The number of hydrogen-bond donors (Lipinski definition) is 1. The van der Waals surface area contributed by atoms with Gasteiger partial charge in [0, 0.05) is 11.8 Å². The summed E-state index contributed by atoms with van der Waals surface area (Å²) in [4.78, 5) is 12.4. The van der Waals surface area contributed by atoms with Gasteiger partial charge in [-0.3, -0.25) is 4.79 Å². The molecular formula is C26H44O3. The van der Waals surface area contributed by atoms with E-state index in [-0.39, 0.29) is 22.2 Å². The Balaban J connectivity index is 2.89. The summed E-state index contributed by atoms with van der Waals surface area (Å²) >= 11 is 0. The zero-order valence-electron chi connectivity index (χ0n) is 20.4. The first-order valence-corrected chi connectivity index (χ1v) is 11.3. The molecule has 3 nitrogen and oxygen atoms in total. The fraction of sp³-hybridized carbons (Fsp3) is 0.731. The average molecular weight is 405 g/mol. The van der Waals surface area contributed by atoms with E-state index in [4.69, 9.17) is 4.74 Å². The van der Waals surface area contributed by atoms with Crippen LogP contribution >= 0.6 is 0 Å². The average Bonchev–Trinajstić information content (AvgIpc) is 2.61. The van der Waals surface area contributed by atoms with E-state index in [1.165, 1.54) is 6.42 Å². The van der Waals surface area contributed by atoms with Gasteiger partial charge in [-0.1, -0.05) is 87.3 Å². The van der Waals surface area contributed by atoms with Gasteiger partial charge in [0.05, 0.1) is 6.61 Å². The Morgan fingerprint density at radius 1 is 0.966 bits per heavy atom. The third-order valence-electron chi connectivity index (χ3n) is 5.97. The molecule has 29 heavy (non-hydrogen) atoms. The van der Waals surface area contributed by atoms with Gasteiger partial charge in [0.25, 0.3) is 0 Å². The van der Waals surface area contributed by atoms with Crippen molar-refractivity contribution >= 4 is 5.97 Å². The number of carbonyl (C=O) groups excluding carboxylic acids is 1. The fourth-order valence-electron chi connectivity index (χ4n) is 3.51. The Bertz CT molecular complexity index is 641. The van der Waals surface area contributed by atoms with Crippen LogP contribution in [0.15, 0.2) is 12.1 Å². The van der Waals surface area contributed by atoms with E-state index >= 15 is 0 Å². The van der Waals surface area contributed by atoms with Gasteiger partial charge in [0.1, 0.15) is 5.75 Å². The van der Waals surface area contributed by atoms with Crippen LogP contribution in [0.4, 0.5) is 0 Å². The normalized spacial score (nSPS) is 14.5. The predicted octanol–water partition coefficient (Wildman–Crippen LogP) is 7.07. The Labute approximate surface area is 179 Å². The molecule has 1 atom stereocenters. The number of benzene rings is 1. The summed E-state index contributed by atoms with van der Waals surface area (Å²) in [5, 5.41) is 10.8. The van der Waals surface area contributed by atoms with Crippen LogP contribution in [0.2, 0.25) is 0 Å². The van der Waals surface area contributed by atoms with Crippen LogP contribution < -0.4 is 0 Å². The van der Waals surface area contributed by atoms with E-state index in [0.29, 0.717) is 25.2 Å². The van der Waals surface area contributed by atoms with Crippen molar-refractivity contribution in [2.75, 3.05) is 6.61 Å². The third kappa shape index (κ3) is 7.68. The molecule has 1 aromatic rings. The number of aromatic hydroxyl groups is 1. The van der Waals surface area contributed by atoms with Crippen LogP contribution in [0.25, 0.3) is 0 Å². The van der Waals surface area contributed by atoms with Crippen molar-refractivity contribution in [2.45, 2.75) is 112 Å². The van der Waals surface area contributed by atoms with E-state index in [1.807, 2.05) is 0 Å². The van der Waals surface area contributed by atoms with Gasteiger partial charge in [-0.25, -0.2) is 0 Å². The molecule has 3 heteroatoms. The molecule has 0 aromatic heterocycles. The molecule has 0 aliphatic carbocycles. The first-order chi connectivity index (χ1) is 13.2. The summed E-state index contributed by atoms with van der Waals surface area (Å²) < 4.78 is 5.65. The predicted molar refractivity (Wildman–Crippen MR) is 123 cm³/mol. The van der Waals surface area contributed by atoms with Crippen LogP contribution in [0.5, 0.6) is 5.75 Å². The Kier molecular flexibility index (Phi) is 8.80. The summed E-state index contributed by atoms with van der Waals surface area (Å²) in [6, 6.07) is 4.10. The van der Waals surface area contributed by atoms with Crippen molar-refractivity contribution in [2.24, 2.45) is 5.41 Å². The molecular weight excluding hydrogens is 360 g/mol. The van der Waals surface area contributed by atoms with Crippen LogP contribution in [0.3, 0.4) is 0 Å². The maximum absolute atomic E-state index is 12.4. The zero-order chi connectivity index (χ0) is 22.5. The van der Waals surface area contributed by atoms with E-state index in [2.05, 4.69) is 74.4 Å². The number of ether oxygens (including phenoxy) is 1. The minimum absolute atomic E-state index is 0.0724. The second-order valence-electron chi connectivity index (χ2n) is 11.0. The lowest BCUT2D eigenvalue weighted by Gasteiger charge is -2.28. The van der Waals surface area contributed by atoms with E-state index < -0.39 is 0 Å². The fourth-order valence-corrected chi connectivity index (χ4v) is 3.51. The smallest absolute Gasteiger partial charge is 0.306 e. The van der Waals surface area contributed by atoms with Crippen molar-refractivity contribution in [1.29, 1.82) is 0 Å². The van der Waals surface area contributed by atoms with Gasteiger partial charge in [0.15, 0.2) is 0 Å². The summed E-state index contributed by atoms with van der Waals surface area (Å²) in [5.41, 5.74) is 2.70. The molecule has 0 aliphatic rings. The number of rotatable bonds is 9. The standard InChI is InChI=1S/C26H44O3/c1-10-12-15-26(9,11-2)18-29-22(27)14-13-19-16-20(24(3,4)5)23(28)21(17-19)25(6,7)8/h16-17,28H,10-15,18H2,1-9H3. The maximum atomic E-state index is 12.4. The van der Waals surface area contributed by atoms with Crippen LogP contribution in [0.1, 0.15) is 111 Å². The second kappa shape index (κ2) is 10.00. The molecule has 1 N–H and O–H groups in total. The Hall–Kier alpha value is -1.51. The lowest BCUT2D eigenvalue weighted by Crippen LogP contribution is -2.24. The van der Waals surface area contributed by atoms with Gasteiger partial charge in [-0.2, -0.15) is 0 Å². The number of hydrogen-bond acceptors (Lipinski definition) is 3. The summed E-state index contributed by atoms with van der Waals surface area (Å²) in [6.07, 6.45) is 5.43. The van der Waals surface area contributed by atoms with Gasteiger partial charge in [-0.15, -0.1) is 0 Å². The van der Waals surface area contributed by atoms with Gasteiger partial charge >= 0.3 is 5.97 Å². The van der Waals surface area contributed by atoms with E-state index in [1.54, 1.807) is 0 Å². The summed E-state index contributed by atoms with van der Waals surface area (Å²) in [7, 11) is 0. The van der Waals surface area contributed by atoms with Crippen molar-refractivity contribution in [3.63, 3.8) is 0 Å². The summed E-state index contributed by atoms with van der Waals surface area (Å²) in [6.45, 7) is 19.7. The van der Waals surface area contributed by atoms with Gasteiger partial charge in [-0.05, 0) is 46.8 Å². The maximum Gasteiger partial charge on any atom is 0.306 e. The molecule has 0 radical (unpaired) electrons. The van der Waals surface area contributed by atoms with E-state index in [9.17, 15) is 9.90 Å². The molecule has 0 bridgehead atoms. The minimum Gasteiger partial charge on any atom is -0.507 e. The summed E-state index contributed by atoms with van der Waals surface area (Å²) in [5.74, 6) is 0.245. The molecule has 0 amide bonds. The van der Waals surface area contributed by atoms with Crippen molar-refractivity contribution < 1.29 is 14.6 Å². The SMILES string of the molecule is CCCCC(C)(CC)COC(=O)CCc1cc(C(C)(C)C)c(O)c(C(C)(C)C)c1. The van der Waals surface area contributed by atoms with Crippen molar-refractivity contribution in [3.05, 3.63) is 28.8 Å². The quantitative estimate of drug-likeness (QED) is 0.448. The zero-order valence-corrected chi connectivity index (χ0v) is 20.4. The minimum atomic E-state index is -0.164. The van der Waals surface area contributed by atoms with Crippen LogP contribution in [-0.4, -0.2) is 17.7 Å². The first-order valence-electron chi connectivity index (χ1n) is 11.3. The highest BCUT2D eigenvalue weighted by Gasteiger charge is 2.27.